The average Bonchev–Trinajstić information content (AvgIpc) is 3.78. The lowest BCUT2D eigenvalue weighted by molar-refractivity contribution is 0.0491. The summed E-state index contributed by atoms with van der Waals surface area (Å²) in [7, 11) is -4.17. The molecule has 2 aromatic heterocycles. The van der Waals surface area contributed by atoms with Gasteiger partial charge in [0, 0.05) is 42.3 Å². The zero-order chi connectivity index (χ0) is 36.9. The summed E-state index contributed by atoms with van der Waals surface area (Å²) in [4.78, 5) is 30.5. The molecule has 0 fully saturated rings. The Hall–Kier alpha value is -4.74. The number of rotatable bonds is 15. The largest absolute Gasteiger partial charge is 0.460 e. The molecule has 0 bridgehead atoms. The molecule has 0 saturated heterocycles. The third kappa shape index (κ3) is 7.50. The highest BCUT2D eigenvalue weighted by Gasteiger charge is 2.30. The van der Waals surface area contributed by atoms with E-state index in [1.54, 1.807) is 57.2 Å². The van der Waals surface area contributed by atoms with E-state index in [2.05, 4.69) is 18.7 Å². The van der Waals surface area contributed by atoms with Gasteiger partial charge in [0.1, 0.15) is 5.58 Å². The van der Waals surface area contributed by atoms with Gasteiger partial charge < -0.3 is 18.5 Å². The maximum atomic E-state index is 14.6. The van der Waals surface area contributed by atoms with Crippen molar-refractivity contribution in [1.82, 2.24) is 0 Å². The van der Waals surface area contributed by atoms with E-state index in [1.165, 1.54) is 27.6 Å². The van der Waals surface area contributed by atoms with Crippen LogP contribution >= 0.6 is 11.6 Å². The predicted molar refractivity (Wildman–Crippen MR) is 202 cm³/mol. The number of fused-ring (bicyclic) bond motifs is 1. The van der Waals surface area contributed by atoms with Gasteiger partial charge in [-0.3, -0.25) is 14.0 Å². The molecule has 0 radical (unpaired) electrons. The van der Waals surface area contributed by atoms with Crippen LogP contribution in [0.3, 0.4) is 0 Å². The Kier molecular flexibility index (Phi) is 11.8. The molecule has 5 rings (SSSR count). The smallest absolute Gasteiger partial charge is 0.374 e. The fraction of sp³-hybridized carbons (Fsp3) is 0.333. The van der Waals surface area contributed by atoms with Gasteiger partial charge in [-0.15, -0.1) is 0 Å². The molecule has 0 atom stereocenters. The van der Waals surface area contributed by atoms with Crippen LogP contribution in [0.15, 0.2) is 86.7 Å². The molecule has 0 aliphatic heterocycles. The number of aryl methyl sites for hydroxylation is 2. The van der Waals surface area contributed by atoms with Crippen LogP contribution in [0.5, 0.6) is 0 Å². The maximum Gasteiger partial charge on any atom is 0.374 e. The quantitative estimate of drug-likeness (QED) is 0.0980. The van der Waals surface area contributed by atoms with E-state index >= 15 is 0 Å². The van der Waals surface area contributed by atoms with Gasteiger partial charge in [-0.2, -0.15) is 0 Å². The molecule has 0 spiro atoms. The van der Waals surface area contributed by atoms with Crippen molar-refractivity contribution < 1.29 is 31.6 Å². The monoisotopic (exact) mass is 733 g/mol. The highest BCUT2D eigenvalue weighted by atomic mass is 35.5. The van der Waals surface area contributed by atoms with E-state index in [9.17, 15) is 18.0 Å². The van der Waals surface area contributed by atoms with Crippen molar-refractivity contribution in [3.63, 3.8) is 0 Å². The number of carbonyl (C=O) groups is 2. The van der Waals surface area contributed by atoms with E-state index < -0.39 is 16.0 Å². The van der Waals surface area contributed by atoms with Gasteiger partial charge >= 0.3 is 5.97 Å². The van der Waals surface area contributed by atoms with Crippen LogP contribution in [0.25, 0.3) is 11.0 Å². The number of hydrogen-bond acceptors (Lipinski definition) is 8. The number of nitrogens with zero attached hydrogens (tertiary/aromatic N) is 3. The molecular formula is C39H44ClN3O7S. The van der Waals surface area contributed by atoms with Crippen LogP contribution in [0.4, 0.5) is 17.3 Å². The normalized spacial score (nSPS) is 11.5. The molecule has 0 unspecified atom stereocenters. The van der Waals surface area contributed by atoms with Crippen molar-refractivity contribution in [2.45, 2.75) is 65.8 Å². The number of anilines is 3. The second-order valence-corrected chi connectivity index (χ2v) is 14.2. The molecule has 51 heavy (non-hydrogen) atoms. The molecule has 1 amide bonds. The van der Waals surface area contributed by atoms with Crippen molar-refractivity contribution in [2.75, 3.05) is 40.3 Å². The number of benzene rings is 3. The summed E-state index contributed by atoms with van der Waals surface area (Å²) in [6.45, 7) is 13.1. The number of ether oxygens (including phenoxy) is 1. The first kappa shape index (κ1) is 37.5. The van der Waals surface area contributed by atoms with Crippen LogP contribution in [-0.4, -0.2) is 46.5 Å². The lowest BCUT2D eigenvalue weighted by atomic mass is 10.1. The van der Waals surface area contributed by atoms with Gasteiger partial charge in [0.05, 0.1) is 40.6 Å². The average molecular weight is 734 g/mol. The SMILES string of the molecule is CCCN(CC)c1ccc(N(CC)S(=O)(=O)c2ccc3oc(C(=O)OCC)c(C)c3c2)c(CN(C(=O)c2cccc(CC)c2Cl)c2ccco2)c1. The van der Waals surface area contributed by atoms with Crippen LogP contribution in [-0.2, 0) is 27.7 Å². The molecule has 3 aromatic carbocycles. The van der Waals surface area contributed by atoms with Crippen molar-refractivity contribution in [3.05, 3.63) is 106 Å². The first-order valence-electron chi connectivity index (χ1n) is 17.2. The van der Waals surface area contributed by atoms with Crippen molar-refractivity contribution in [2.24, 2.45) is 0 Å². The van der Waals surface area contributed by atoms with Gasteiger partial charge in [-0.25, -0.2) is 13.2 Å². The number of furan rings is 2. The molecule has 0 saturated carbocycles. The summed E-state index contributed by atoms with van der Waals surface area (Å²) in [5.41, 5.74) is 3.90. The Bertz CT molecular complexity index is 2130. The van der Waals surface area contributed by atoms with Gasteiger partial charge in [0.25, 0.3) is 15.9 Å². The highest BCUT2D eigenvalue weighted by molar-refractivity contribution is 7.92. The van der Waals surface area contributed by atoms with E-state index in [-0.39, 0.29) is 36.3 Å². The Morgan fingerprint density at radius 3 is 2.33 bits per heavy atom. The number of sulfonamides is 1. The van der Waals surface area contributed by atoms with Gasteiger partial charge in [-0.1, -0.05) is 37.6 Å². The fourth-order valence-corrected chi connectivity index (χ4v) is 8.11. The summed E-state index contributed by atoms with van der Waals surface area (Å²) < 4.78 is 47.1. The second kappa shape index (κ2) is 16.1. The first-order valence-corrected chi connectivity index (χ1v) is 19.1. The van der Waals surface area contributed by atoms with E-state index in [0.29, 0.717) is 50.7 Å². The van der Waals surface area contributed by atoms with Gasteiger partial charge in [0.15, 0.2) is 0 Å². The summed E-state index contributed by atoms with van der Waals surface area (Å²) in [6, 6.07) is 18.9. The molecule has 2 heterocycles. The third-order valence-corrected chi connectivity index (χ3v) is 11.2. The minimum atomic E-state index is -4.17. The molecule has 12 heteroatoms. The van der Waals surface area contributed by atoms with Crippen LogP contribution in [0.1, 0.15) is 78.6 Å². The van der Waals surface area contributed by atoms with Crippen LogP contribution in [0, 0.1) is 6.92 Å². The third-order valence-electron chi connectivity index (χ3n) is 8.85. The Balaban J connectivity index is 1.64. The minimum Gasteiger partial charge on any atom is -0.460 e. The number of amides is 1. The molecule has 0 aliphatic rings. The van der Waals surface area contributed by atoms with E-state index in [0.717, 1.165) is 30.8 Å². The van der Waals surface area contributed by atoms with Gasteiger partial charge in [0.2, 0.25) is 11.6 Å². The lowest BCUT2D eigenvalue weighted by Crippen LogP contribution is -2.35. The summed E-state index contributed by atoms with van der Waals surface area (Å²) in [5, 5.41) is 0.856. The van der Waals surface area contributed by atoms with Crippen molar-refractivity contribution >= 4 is 61.7 Å². The zero-order valence-corrected chi connectivity index (χ0v) is 31.4. The van der Waals surface area contributed by atoms with Crippen LogP contribution < -0.4 is 14.1 Å². The lowest BCUT2D eigenvalue weighted by Gasteiger charge is -2.30. The molecule has 5 aromatic rings. The molecule has 0 N–H and O–H groups in total. The summed E-state index contributed by atoms with van der Waals surface area (Å²) >= 11 is 6.75. The fourth-order valence-electron chi connectivity index (χ4n) is 6.23. The second-order valence-electron chi connectivity index (χ2n) is 12.0. The molecule has 270 valence electrons. The van der Waals surface area contributed by atoms with E-state index in [1.807, 2.05) is 25.1 Å². The Morgan fingerprint density at radius 2 is 1.69 bits per heavy atom. The minimum absolute atomic E-state index is 0.0132. The summed E-state index contributed by atoms with van der Waals surface area (Å²) in [6.07, 6.45) is 3.05. The number of esters is 1. The number of halogens is 1. The first-order chi connectivity index (χ1) is 24.5. The van der Waals surface area contributed by atoms with Crippen molar-refractivity contribution in [3.8, 4) is 0 Å². The predicted octanol–water partition coefficient (Wildman–Crippen LogP) is 9.03. The Morgan fingerprint density at radius 1 is 0.902 bits per heavy atom. The van der Waals surface area contributed by atoms with Gasteiger partial charge in [-0.05, 0) is 100 Å². The number of hydrogen-bond donors (Lipinski definition) is 0. The standard InChI is InChI=1S/C39H44ClN3O7S/c1-7-21-41(9-3)29-17-19-33(28(23-29)25-42(35-16-13-22-49-35)38(44)31-15-12-14-27(8-2)36(31)40)43(10-4)51(46,47)30-18-20-34-32(24-30)26(6)37(50-34)39(45)48-11-5/h12-20,22-24H,7-11,21,25H2,1-6H3. The molecule has 0 aliphatic carbocycles. The highest BCUT2D eigenvalue weighted by Crippen LogP contribution is 2.36. The Labute approximate surface area is 304 Å². The topological polar surface area (TPSA) is 114 Å². The summed E-state index contributed by atoms with van der Waals surface area (Å²) in [5.74, 6) is -0.671. The number of carbonyl (C=O) groups excluding carboxylic acids is 2. The van der Waals surface area contributed by atoms with E-state index in [4.69, 9.17) is 25.2 Å². The molecule has 10 nitrogen and oxygen atoms in total. The zero-order valence-electron chi connectivity index (χ0n) is 29.9. The maximum absolute atomic E-state index is 14.6. The van der Waals surface area contributed by atoms with Crippen LogP contribution in [0.2, 0.25) is 5.02 Å². The molecular weight excluding hydrogens is 690 g/mol. The van der Waals surface area contributed by atoms with Crippen molar-refractivity contribution in [1.29, 1.82) is 0 Å².